The second-order valence-electron chi connectivity index (χ2n) is 11.7. The minimum atomic E-state index is -0.622. The average molecular weight is 555 g/mol. The highest BCUT2D eigenvalue weighted by Crippen LogP contribution is 2.34. The molecule has 1 aromatic heterocycles. The summed E-state index contributed by atoms with van der Waals surface area (Å²) in [5, 5.41) is 8.54. The Balaban J connectivity index is 1.86. The molecule has 0 saturated carbocycles. The average Bonchev–Trinajstić information content (AvgIpc) is 2.86. The van der Waals surface area contributed by atoms with Gasteiger partial charge in [-0.25, -0.2) is 9.59 Å². The number of hydrogen-bond donors (Lipinski definition) is 2. The Hall–Kier alpha value is -4.77. The molecule has 212 valence electrons. The maximum absolute atomic E-state index is 12.5. The molecular weight excluding hydrogens is 518 g/mol. The molecule has 0 unspecified atom stereocenters. The zero-order valence-corrected chi connectivity index (χ0v) is 24.5. The van der Waals surface area contributed by atoms with Gasteiger partial charge in [0.15, 0.2) is 0 Å². The van der Waals surface area contributed by atoms with Crippen molar-refractivity contribution in [3.8, 4) is 29.4 Å². The smallest absolute Gasteiger partial charge is 0.412 e. The van der Waals surface area contributed by atoms with Gasteiger partial charge in [0, 0.05) is 22.7 Å². The van der Waals surface area contributed by atoms with Crippen LogP contribution in [-0.2, 0) is 16.5 Å². The van der Waals surface area contributed by atoms with Crippen molar-refractivity contribution in [3.05, 3.63) is 60.7 Å². The van der Waals surface area contributed by atoms with Crippen LogP contribution in [0.5, 0.6) is 5.75 Å². The number of fused-ring (bicyclic) bond motifs is 3. The number of ether oxygens (including phenoxy) is 3. The molecule has 0 atom stereocenters. The van der Waals surface area contributed by atoms with Gasteiger partial charge in [-0.15, -0.1) is 6.42 Å². The minimum Gasteiger partial charge on any atom is -0.481 e. The quantitative estimate of drug-likeness (QED) is 0.155. The lowest BCUT2D eigenvalue weighted by Gasteiger charge is -2.20. The number of aromatic nitrogens is 1. The van der Waals surface area contributed by atoms with Gasteiger partial charge in [-0.05, 0) is 90.1 Å². The van der Waals surface area contributed by atoms with E-state index in [4.69, 9.17) is 20.6 Å². The summed E-state index contributed by atoms with van der Waals surface area (Å²) in [7, 11) is 1.96. The van der Waals surface area contributed by atoms with Crippen molar-refractivity contribution in [2.24, 2.45) is 7.05 Å². The Labute approximate surface area is 240 Å². The van der Waals surface area contributed by atoms with Crippen molar-refractivity contribution in [2.45, 2.75) is 52.7 Å². The van der Waals surface area contributed by atoms with Gasteiger partial charge in [0.2, 0.25) is 11.2 Å². The molecular formula is C33H36N3O5+. The van der Waals surface area contributed by atoms with E-state index in [9.17, 15) is 9.59 Å². The number of anilines is 2. The summed E-state index contributed by atoms with van der Waals surface area (Å²) in [6, 6.07) is 19.1. The SMILES string of the molecule is C#CCOc1ccc(-c2c3cc(NC(=O)OC(C)(C)C)ccc3c3ccc(NC(=O)OC(C)(C)C)cc3[n+]2C)cc1. The second-order valence-corrected chi connectivity index (χ2v) is 11.7. The molecule has 0 radical (unpaired) electrons. The van der Waals surface area contributed by atoms with Crippen LogP contribution in [0.25, 0.3) is 32.9 Å². The Kier molecular flexibility index (Phi) is 8.11. The molecule has 0 bridgehead atoms. The van der Waals surface area contributed by atoms with Gasteiger partial charge in [-0.2, -0.15) is 4.57 Å². The molecule has 4 aromatic rings. The van der Waals surface area contributed by atoms with Crippen LogP contribution in [0.15, 0.2) is 60.7 Å². The maximum atomic E-state index is 12.5. The molecule has 0 spiro atoms. The van der Waals surface area contributed by atoms with Crippen molar-refractivity contribution in [1.29, 1.82) is 0 Å². The summed E-state index contributed by atoms with van der Waals surface area (Å²) < 4.78 is 18.5. The van der Waals surface area contributed by atoms with Crippen molar-refractivity contribution in [2.75, 3.05) is 17.2 Å². The number of nitrogens with one attached hydrogen (secondary N) is 2. The number of pyridine rings is 1. The van der Waals surface area contributed by atoms with Gasteiger partial charge >= 0.3 is 12.2 Å². The molecule has 41 heavy (non-hydrogen) atoms. The molecule has 2 amide bonds. The summed E-state index contributed by atoms with van der Waals surface area (Å²) >= 11 is 0. The summed E-state index contributed by atoms with van der Waals surface area (Å²) in [6.45, 7) is 11.1. The van der Waals surface area contributed by atoms with Crippen LogP contribution in [0.4, 0.5) is 21.0 Å². The van der Waals surface area contributed by atoms with E-state index in [1.54, 1.807) is 0 Å². The van der Waals surface area contributed by atoms with Crippen molar-refractivity contribution >= 4 is 45.2 Å². The summed E-state index contributed by atoms with van der Waals surface area (Å²) in [5.41, 5.74) is 2.68. The lowest BCUT2D eigenvalue weighted by Crippen LogP contribution is -2.33. The Morgan fingerprint density at radius 3 is 1.85 bits per heavy atom. The number of carbonyl (C=O) groups is 2. The molecule has 8 nitrogen and oxygen atoms in total. The molecule has 0 saturated heterocycles. The largest absolute Gasteiger partial charge is 0.481 e. The zero-order chi connectivity index (χ0) is 29.9. The van der Waals surface area contributed by atoms with E-state index >= 15 is 0 Å². The predicted molar refractivity (Wildman–Crippen MR) is 162 cm³/mol. The first-order chi connectivity index (χ1) is 19.2. The van der Waals surface area contributed by atoms with Crippen LogP contribution >= 0.6 is 0 Å². The van der Waals surface area contributed by atoms with E-state index in [1.165, 1.54) is 0 Å². The number of nitrogens with zero attached hydrogens (tertiary/aromatic N) is 1. The third-order valence-corrected chi connectivity index (χ3v) is 6.00. The molecule has 0 fully saturated rings. The van der Waals surface area contributed by atoms with Crippen LogP contribution in [0.1, 0.15) is 41.5 Å². The number of hydrogen-bond acceptors (Lipinski definition) is 5. The maximum Gasteiger partial charge on any atom is 0.412 e. The standard InChI is InChI=1S/C33H35N3O5/c1-9-18-39-24-14-10-21(11-15-24)29-27-19-22(34-30(37)40-32(2,3)4)12-16-25(27)26-17-13-23(20-28(26)36(29)8)35-31(38)41-33(5,6)7/h1,10-17,19-20H,18H2,2-8H3,(H,34,37)/p+1. The van der Waals surface area contributed by atoms with E-state index in [0.717, 1.165) is 32.9 Å². The second kappa shape index (κ2) is 11.4. The number of aryl methyl sites for hydroxylation is 1. The van der Waals surface area contributed by atoms with Gasteiger partial charge in [-0.1, -0.05) is 12.0 Å². The first kappa shape index (κ1) is 29.2. The van der Waals surface area contributed by atoms with Gasteiger partial charge < -0.3 is 14.2 Å². The Morgan fingerprint density at radius 2 is 1.32 bits per heavy atom. The normalized spacial score (nSPS) is 11.6. The van der Waals surface area contributed by atoms with Crippen LogP contribution in [-0.4, -0.2) is 30.0 Å². The highest BCUT2D eigenvalue weighted by molar-refractivity contribution is 6.11. The van der Waals surface area contributed by atoms with Gasteiger partial charge in [-0.3, -0.25) is 10.6 Å². The van der Waals surface area contributed by atoms with E-state index < -0.39 is 23.4 Å². The van der Waals surface area contributed by atoms with Gasteiger partial charge in [0.1, 0.15) is 30.6 Å². The Morgan fingerprint density at radius 1 is 0.780 bits per heavy atom. The lowest BCUT2D eigenvalue weighted by atomic mass is 9.98. The summed E-state index contributed by atoms with van der Waals surface area (Å²) in [6.07, 6.45) is 4.28. The third kappa shape index (κ3) is 7.25. The van der Waals surface area contributed by atoms with Crippen molar-refractivity contribution in [1.82, 2.24) is 0 Å². The molecule has 1 heterocycles. The van der Waals surface area contributed by atoms with E-state index in [2.05, 4.69) is 21.1 Å². The molecule has 2 N–H and O–H groups in total. The summed E-state index contributed by atoms with van der Waals surface area (Å²) in [4.78, 5) is 25.0. The monoisotopic (exact) mass is 554 g/mol. The van der Waals surface area contributed by atoms with Crippen LogP contribution in [0.2, 0.25) is 0 Å². The number of rotatable bonds is 5. The minimum absolute atomic E-state index is 0.180. The molecule has 0 aliphatic carbocycles. The number of benzene rings is 3. The highest BCUT2D eigenvalue weighted by Gasteiger charge is 2.24. The first-order valence-electron chi connectivity index (χ1n) is 13.3. The molecule has 3 aromatic carbocycles. The zero-order valence-electron chi connectivity index (χ0n) is 24.5. The van der Waals surface area contributed by atoms with Gasteiger partial charge in [0.05, 0.1) is 16.5 Å². The van der Waals surface area contributed by atoms with E-state index in [1.807, 2.05) is 109 Å². The van der Waals surface area contributed by atoms with Gasteiger partial charge in [0.25, 0.3) is 0 Å². The molecule has 0 aliphatic heterocycles. The molecule has 8 heteroatoms. The third-order valence-electron chi connectivity index (χ3n) is 6.00. The molecule has 0 aliphatic rings. The van der Waals surface area contributed by atoms with Crippen molar-refractivity contribution in [3.63, 3.8) is 0 Å². The van der Waals surface area contributed by atoms with E-state index in [0.29, 0.717) is 17.1 Å². The fraction of sp³-hybridized carbons (Fsp3) is 0.303. The van der Waals surface area contributed by atoms with Crippen LogP contribution in [0.3, 0.4) is 0 Å². The number of terminal acetylenes is 1. The molecule has 4 rings (SSSR count). The number of carbonyl (C=O) groups excluding carboxylic acids is 2. The number of amides is 2. The highest BCUT2D eigenvalue weighted by atomic mass is 16.6. The fourth-order valence-corrected chi connectivity index (χ4v) is 4.49. The predicted octanol–water partition coefficient (Wildman–Crippen LogP) is 7.19. The first-order valence-corrected chi connectivity index (χ1v) is 13.3. The Bertz CT molecular complexity index is 1660. The topological polar surface area (TPSA) is 89.8 Å². The van der Waals surface area contributed by atoms with Crippen LogP contribution in [0, 0.1) is 12.3 Å². The summed E-state index contributed by atoms with van der Waals surface area (Å²) in [5.74, 6) is 3.14. The van der Waals surface area contributed by atoms with E-state index in [-0.39, 0.29) is 6.61 Å². The van der Waals surface area contributed by atoms with Crippen LogP contribution < -0.4 is 19.9 Å². The fourth-order valence-electron chi connectivity index (χ4n) is 4.49. The van der Waals surface area contributed by atoms with Crippen molar-refractivity contribution < 1.29 is 28.4 Å². The lowest BCUT2D eigenvalue weighted by molar-refractivity contribution is -0.632.